The highest BCUT2D eigenvalue weighted by Crippen LogP contribution is 2.25. The van der Waals surface area contributed by atoms with Gasteiger partial charge in [-0.05, 0) is 61.5 Å². The number of aromatic nitrogens is 1. The minimum Gasteiger partial charge on any atom is -0.349 e. The zero-order valence-electron chi connectivity index (χ0n) is 19.9. The topological polar surface area (TPSA) is 37.3 Å². The quantitative estimate of drug-likeness (QED) is 0.387. The second-order valence-electron chi connectivity index (χ2n) is 9.46. The van der Waals surface area contributed by atoms with Crippen LogP contribution in [0.15, 0.2) is 91.0 Å². The number of benzene rings is 3. The third-order valence-corrected chi connectivity index (χ3v) is 7.08. The molecule has 2 heterocycles. The van der Waals surface area contributed by atoms with Gasteiger partial charge in [-0.15, -0.1) is 0 Å². The van der Waals surface area contributed by atoms with Crippen molar-refractivity contribution in [1.29, 1.82) is 0 Å². The van der Waals surface area contributed by atoms with Crippen molar-refractivity contribution in [2.24, 2.45) is 5.92 Å². The van der Waals surface area contributed by atoms with Gasteiger partial charge in [-0.25, -0.2) is 0 Å². The van der Waals surface area contributed by atoms with Gasteiger partial charge in [0.2, 0.25) is 5.91 Å². The molecule has 0 bridgehead atoms. The van der Waals surface area contributed by atoms with E-state index in [1.165, 1.54) is 22.2 Å². The Hall–Kier alpha value is -3.37. The van der Waals surface area contributed by atoms with Gasteiger partial charge in [0.05, 0.1) is 6.04 Å². The molecule has 1 aliphatic heterocycles. The molecule has 1 atom stereocenters. The number of amides is 1. The Bertz CT molecular complexity index is 1220. The Labute approximate surface area is 202 Å². The number of piperidine rings is 1. The molecule has 1 fully saturated rings. The van der Waals surface area contributed by atoms with E-state index in [4.69, 9.17) is 0 Å². The molecule has 0 unspecified atom stereocenters. The smallest absolute Gasteiger partial charge is 0.223 e. The molecular weight excluding hydrogens is 418 g/mol. The summed E-state index contributed by atoms with van der Waals surface area (Å²) in [7, 11) is 0. The lowest BCUT2D eigenvalue weighted by Gasteiger charge is -2.32. The molecule has 3 aromatic carbocycles. The van der Waals surface area contributed by atoms with Crippen LogP contribution in [0.1, 0.15) is 42.6 Å². The summed E-state index contributed by atoms with van der Waals surface area (Å²) in [6, 6.07) is 31.9. The summed E-state index contributed by atoms with van der Waals surface area (Å²) in [5, 5.41) is 4.51. The lowest BCUT2D eigenvalue weighted by Crippen LogP contribution is -2.41. The lowest BCUT2D eigenvalue weighted by atomic mass is 9.95. The Kier molecular flexibility index (Phi) is 6.77. The first kappa shape index (κ1) is 22.4. The van der Waals surface area contributed by atoms with E-state index in [2.05, 4.69) is 94.5 Å². The zero-order valence-corrected chi connectivity index (χ0v) is 19.9. The van der Waals surface area contributed by atoms with Crippen LogP contribution in [0.3, 0.4) is 0 Å². The van der Waals surface area contributed by atoms with E-state index in [-0.39, 0.29) is 17.9 Å². The predicted molar refractivity (Wildman–Crippen MR) is 138 cm³/mol. The average Bonchev–Trinajstić information content (AvgIpc) is 3.22. The van der Waals surface area contributed by atoms with Gasteiger partial charge in [-0.2, -0.15) is 0 Å². The minimum atomic E-state index is 0.0421. The van der Waals surface area contributed by atoms with E-state index in [1.54, 1.807) is 0 Å². The van der Waals surface area contributed by atoms with E-state index in [0.29, 0.717) is 0 Å². The summed E-state index contributed by atoms with van der Waals surface area (Å²) in [4.78, 5) is 15.4. The van der Waals surface area contributed by atoms with Crippen LogP contribution in [0.25, 0.3) is 10.9 Å². The molecule has 174 valence electrons. The summed E-state index contributed by atoms with van der Waals surface area (Å²) in [6.45, 7) is 5.75. The number of nitrogens with zero attached hydrogens (tertiary/aromatic N) is 2. The fraction of sp³-hybridized carbons (Fsp3) is 0.300. The summed E-state index contributed by atoms with van der Waals surface area (Å²) >= 11 is 0. The number of likely N-dealkylation sites (tertiary alicyclic amines) is 1. The fourth-order valence-corrected chi connectivity index (χ4v) is 5.09. The van der Waals surface area contributed by atoms with Gasteiger partial charge < -0.3 is 9.88 Å². The molecule has 4 aromatic rings. The molecule has 1 aromatic heterocycles. The average molecular weight is 452 g/mol. The SMILES string of the molecule is C[C@H](NC(=O)C1CCN(Cc2cc3ccccc3n2Cc2ccccc2)CC1)c1ccccc1. The van der Waals surface area contributed by atoms with Gasteiger partial charge in [0.15, 0.2) is 0 Å². The van der Waals surface area contributed by atoms with Gasteiger partial charge in [0.25, 0.3) is 0 Å². The number of fused-ring (bicyclic) bond motifs is 1. The molecule has 34 heavy (non-hydrogen) atoms. The first-order valence-electron chi connectivity index (χ1n) is 12.4. The van der Waals surface area contributed by atoms with Crippen molar-refractivity contribution in [3.8, 4) is 0 Å². The minimum absolute atomic E-state index is 0.0421. The first-order chi connectivity index (χ1) is 16.7. The Morgan fingerprint density at radius 3 is 2.26 bits per heavy atom. The van der Waals surface area contributed by atoms with Crippen LogP contribution >= 0.6 is 0 Å². The van der Waals surface area contributed by atoms with Crippen molar-refractivity contribution in [3.05, 3.63) is 108 Å². The molecule has 4 nitrogen and oxygen atoms in total. The number of carbonyl (C=O) groups is 1. The van der Waals surface area contributed by atoms with Crippen molar-refractivity contribution in [1.82, 2.24) is 14.8 Å². The van der Waals surface area contributed by atoms with E-state index >= 15 is 0 Å². The van der Waals surface area contributed by atoms with Gasteiger partial charge in [-0.1, -0.05) is 78.9 Å². The maximum Gasteiger partial charge on any atom is 0.223 e. The Balaban J connectivity index is 1.23. The Morgan fingerprint density at radius 2 is 1.53 bits per heavy atom. The van der Waals surface area contributed by atoms with Crippen molar-refractivity contribution < 1.29 is 4.79 Å². The van der Waals surface area contributed by atoms with Crippen LogP contribution in [0, 0.1) is 5.92 Å². The number of carbonyl (C=O) groups excluding carboxylic acids is 1. The zero-order chi connectivity index (χ0) is 23.3. The highest BCUT2D eigenvalue weighted by atomic mass is 16.1. The van der Waals surface area contributed by atoms with Gasteiger partial charge >= 0.3 is 0 Å². The van der Waals surface area contributed by atoms with E-state index in [1.807, 2.05) is 18.2 Å². The van der Waals surface area contributed by atoms with Gasteiger partial charge in [-0.3, -0.25) is 9.69 Å². The molecule has 0 radical (unpaired) electrons. The van der Waals surface area contributed by atoms with E-state index < -0.39 is 0 Å². The van der Waals surface area contributed by atoms with Gasteiger partial charge in [0, 0.05) is 30.2 Å². The van der Waals surface area contributed by atoms with Crippen molar-refractivity contribution >= 4 is 16.8 Å². The van der Waals surface area contributed by atoms with Crippen LogP contribution in [0.2, 0.25) is 0 Å². The molecule has 5 rings (SSSR count). The number of nitrogens with one attached hydrogen (secondary N) is 1. The highest BCUT2D eigenvalue weighted by molar-refractivity contribution is 5.81. The van der Waals surface area contributed by atoms with Crippen LogP contribution in [-0.4, -0.2) is 28.5 Å². The number of hydrogen-bond acceptors (Lipinski definition) is 2. The maximum atomic E-state index is 12.9. The molecule has 1 amide bonds. The molecule has 4 heteroatoms. The maximum absolute atomic E-state index is 12.9. The van der Waals surface area contributed by atoms with Gasteiger partial charge in [0.1, 0.15) is 0 Å². The van der Waals surface area contributed by atoms with E-state index in [9.17, 15) is 4.79 Å². The van der Waals surface area contributed by atoms with E-state index in [0.717, 1.165) is 44.6 Å². The summed E-state index contributed by atoms with van der Waals surface area (Å²) in [6.07, 6.45) is 1.82. The number of hydrogen-bond donors (Lipinski definition) is 1. The summed E-state index contributed by atoms with van der Waals surface area (Å²) in [5.74, 6) is 0.284. The van der Waals surface area contributed by atoms with Crippen LogP contribution in [0.4, 0.5) is 0 Å². The molecule has 0 saturated carbocycles. The fourth-order valence-electron chi connectivity index (χ4n) is 5.09. The van der Waals surface area contributed by atoms with Crippen LogP contribution in [-0.2, 0) is 17.9 Å². The van der Waals surface area contributed by atoms with Crippen LogP contribution < -0.4 is 5.32 Å². The molecule has 0 aliphatic carbocycles. The molecule has 1 saturated heterocycles. The molecule has 1 aliphatic rings. The van der Waals surface area contributed by atoms with Crippen molar-refractivity contribution in [2.45, 2.75) is 38.9 Å². The Morgan fingerprint density at radius 1 is 0.882 bits per heavy atom. The second-order valence-corrected chi connectivity index (χ2v) is 9.46. The highest BCUT2D eigenvalue weighted by Gasteiger charge is 2.26. The monoisotopic (exact) mass is 451 g/mol. The third-order valence-electron chi connectivity index (χ3n) is 7.08. The van der Waals surface area contributed by atoms with Crippen LogP contribution in [0.5, 0.6) is 0 Å². The molecular formula is C30H33N3O. The number of rotatable bonds is 7. The third kappa shape index (κ3) is 5.07. The standard InChI is InChI=1S/C30H33N3O/c1-23(25-12-6-3-7-13-25)31-30(34)26-16-18-32(19-17-26)22-28-20-27-14-8-9-15-29(27)33(28)21-24-10-4-2-5-11-24/h2-15,20,23,26H,16-19,21-22H2,1H3,(H,31,34)/t23-/m0/s1. The number of para-hydroxylation sites is 1. The summed E-state index contributed by atoms with van der Waals surface area (Å²) in [5.41, 5.74) is 5.09. The summed E-state index contributed by atoms with van der Waals surface area (Å²) < 4.78 is 2.45. The second kappa shape index (κ2) is 10.3. The normalized spacial score (nSPS) is 15.9. The van der Waals surface area contributed by atoms with Crippen molar-refractivity contribution in [3.63, 3.8) is 0 Å². The molecule has 0 spiro atoms. The predicted octanol–water partition coefficient (Wildman–Crippen LogP) is 5.78. The first-order valence-corrected chi connectivity index (χ1v) is 12.4. The molecule has 1 N–H and O–H groups in total. The lowest BCUT2D eigenvalue weighted by molar-refractivity contribution is -0.127. The van der Waals surface area contributed by atoms with Crippen molar-refractivity contribution in [2.75, 3.05) is 13.1 Å². The largest absolute Gasteiger partial charge is 0.349 e.